The smallest absolute Gasteiger partial charge is 0.339 e. The molecule has 1 aliphatic heterocycles. The minimum absolute atomic E-state index is 0.167. The summed E-state index contributed by atoms with van der Waals surface area (Å²) < 4.78 is 16.0. The lowest BCUT2D eigenvalue weighted by atomic mass is 10.1. The number of rotatable bonds is 2. The van der Waals surface area contributed by atoms with E-state index in [1.165, 1.54) is 7.11 Å². The highest BCUT2D eigenvalue weighted by molar-refractivity contribution is 5.76. The first-order valence-electron chi connectivity index (χ1n) is 6.29. The Hall–Kier alpha value is -1.75. The fraction of sp³-hybridized carbons (Fsp3) is 0.500. The van der Waals surface area contributed by atoms with Gasteiger partial charge >= 0.3 is 5.97 Å². The van der Waals surface area contributed by atoms with Gasteiger partial charge in [0.15, 0.2) is 17.6 Å². The summed E-state index contributed by atoms with van der Waals surface area (Å²) in [6.07, 6.45) is 0.953. The molecule has 3 rings (SSSR count). The molecule has 0 saturated heterocycles. The second-order valence-corrected chi connectivity index (χ2v) is 5.21. The fourth-order valence-corrected chi connectivity index (χ4v) is 2.14. The van der Waals surface area contributed by atoms with Gasteiger partial charge in [0.25, 0.3) is 0 Å². The summed E-state index contributed by atoms with van der Waals surface area (Å²) in [6, 6.07) is 5.01. The molecular weight excluding hydrogens is 248 g/mol. The Morgan fingerprint density at radius 1 is 1.32 bits per heavy atom. The number of carbonyl (C=O) groups excluding carboxylic acids is 1. The molecule has 0 radical (unpaired) electrons. The number of carbonyl (C=O) groups is 1. The summed E-state index contributed by atoms with van der Waals surface area (Å²) in [6.45, 7) is 1.29. The van der Waals surface area contributed by atoms with Crippen molar-refractivity contribution in [2.24, 2.45) is 5.41 Å². The van der Waals surface area contributed by atoms with Crippen LogP contribution in [0.15, 0.2) is 18.2 Å². The van der Waals surface area contributed by atoms with Crippen LogP contribution in [0.2, 0.25) is 0 Å². The molecule has 1 aromatic rings. The van der Waals surface area contributed by atoms with Crippen LogP contribution < -0.4 is 9.47 Å². The molecule has 5 nitrogen and oxygen atoms in total. The predicted octanol–water partition coefficient (Wildman–Crippen LogP) is 1.44. The molecule has 102 valence electrons. The second-order valence-electron chi connectivity index (χ2n) is 5.21. The van der Waals surface area contributed by atoms with E-state index in [-0.39, 0.29) is 5.41 Å². The lowest BCUT2D eigenvalue weighted by Crippen LogP contribution is -2.17. The van der Waals surface area contributed by atoms with E-state index in [0.717, 1.165) is 12.8 Å². The van der Waals surface area contributed by atoms with E-state index in [1.807, 2.05) is 0 Å². The van der Waals surface area contributed by atoms with Crippen LogP contribution in [-0.4, -0.2) is 31.4 Å². The van der Waals surface area contributed by atoms with Crippen molar-refractivity contribution in [2.75, 3.05) is 20.3 Å². The van der Waals surface area contributed by atoms with Gasteiger partial charge in [0.1, 0.15) is 0 Å². The average molecular weight is 264 g/mol. The van der Waals surface area contributed by atoms with Crippen LogP contribution in [0.3, 0.4) is 0 Å². The number of hydrogen-bond acceptors (Lipinski definition) is 5. The van der Waals surface area contributed by atoms with E-state index in [9.17, 15) is 9.90 Å². The van der Waals surface area contributed by atoms with Gasteiger partial charge in [0, 0.05) is 5.41 Å². The van der Waals surface area contributed by atoms with Gasteiger partial charge in [-0.05, 0) is 30.5 Å². The Bertz CT molecular complexity index is 507. The number of esters is 1. The Kier molecular flexibility index (Phi) is 2.86. The number of aliphatic hydroxyl groups is 1. The highest BCUT2D eigenvalue weighted by Crippen LogP contribution is 2.49. The zero-order chi connectivity index (χ0) is 13.5. The number of ether oxygens (including phenoxy) is 3. The molecule has 1 unspecified atom stereocenters. The van der Waals surface area contributed by atoms with Crippen molar-refractivity contribution in [3.05, 3.63) is 23.8 Å². The monoisotopic (exact) mass is 264 g/mol. The van der Waals surface area contributed by atoms with E-state index >= 15 is 0 Å². The number of benzene rings is 1. The van der Waals surface area contributed by atoms with E-state index in [1.54, 1.807) is 18.2 Å². The number of fused-ring (bicyclic) bond motifs is 1. The van der Waals surface area contributed by atoms with Gasteiger partial charge < -0.3 is 19.3 Å². The Morgan fingerprint density at radius 3 is 2.63 bits per heavy atom. The summed E-state index contributed by atoms with van der Waals surface area (Å²) in [5.41, 5.74) is 0.612. The summed E-state index contributed by atoms with van der Waals surface area (Å²) >= 11 is 0. The average Bonchev–Trinajstić information content (AvgIpc) is 3.24. The molecule has 0 aromatic heterocycles. The zero-order valence-corrected chi connectivity index (χ0v) is 10.7. The van der Waals surface area contributed by atoms with Crippen LogP contribution in [0, 0.1) is 5.41 Å². The van der Waals surface area contributed by atoms with Gasteiger partial charge in [-0.2, -0.15) is 0 Å². The summed E-state index contributed by atoms with van der Waals surface area (Å²) in [4.78, 5) is 11.3. The quantitative estimate of drug-likeness (QED) is 0.819. The van der Waals surface area contributed by atoms with Crippen LogP contribution in [0.5, 0.6) is 11.5 Å². The van der Waals surface area contributed by atoms with Crippen molar-refractivity contribution < 1.29 is 24.1 Å². The minimum Gasteiger partial charge on any atom is -0.489 e. The molecule has 0 bridgehead atoms. The van der Waals surface area contributed by atoms with Crippen molar-refractivity contribution >= 4 is 5.97 Å². The maximum atomic E-state index is 11.3. The van der Waals surface area contributed by atoms with Crippen molar-refractivity contribution in [3.63, 3.8) is 0 Å². The third kappa shape index (κ3) is 2.26. The topological polar surface area (TPSA) is 65.0 Å². The lowest BCUT2D eigenvalue weighted by molar-refractivity contribution is -0.150. The van der Waals surface area contributed by atoms with Gasteiger partial charge in [-0.15, -0.1) is 0 Å². The standard InChI is InChI=1S/C14H16O5/c1-17-13(16)12(15)9-2-3-10-11(6-9)19-8-14(4-5-14)7-18-10/h2-3,6,12,15H,4-5,7-8H2,1H3. The highest BCUT2D eigenvalue weighted by atomic mass is 16.5. The third-order valence-corrected chi connectivity index (χ3v) is 3.73. The SMILES string of the molecule is COC(=O)C(O)c1ccc2c(c1)OCC1(CC1)CO2. The predicted molar refractivity (Wildman–Crippen MR) is 66.1 cm³/mol. The van der Waals surface area contributed by atoms with E-state index in [4.69, 9.17) is 9.47 Å². The molecule has 1 atom stereocenters. The normalized spacial score (nSPS) is 20.5. The molecule has 1 heterocycles. The molecule has 1 N–H and O–H groups in total. The van der Waals surface area contributed by atoms with Gasteiger partial charge in [-0.25, -0.2) is 4.79 Å². The van der Waals surface area contributed by atoms with Crippen LogP contribution in [0.4, 0.5) is 0 Å². The van der Waals surface area contributed by atoms with Crippen molar-refractivity contribution in [1.29, 1.82) is 0 Å². The maximum absolute atomic E-state index is 11.3. The molecule has 1 aromatic carbocycles. The van der Waals surface area contributed by atoms with Crippen LogP contribution in [0.25, 0.3) is 0 Å². The Labute approximate surface area is 111 Å². The van der Waals surface area contributed by atoms with Crippen molar-refractivity contribution in [2.45, 2.75) is 18.9 Å². The zero-order valence-electron chi connectivity index (χ0n) is 10.7. The number of aliphatic hydroxyl groups excluding tert-OH is 1. The van der Waals surface area contributed by atoms with Gasteiger partial charge in [0.05, 0.1) is 20.3 Å². The van der Waals surface area contributed by atoms with E-state index < -0.39 is 12.1 Å². The molecule has 1 spiro atoms. The Morgan fingerprint density at radius 2 is 2.00 bits per heavy atom. The number of methoxy groups -OCH3 is 1. The van der Waals surface area contributed by atoms with E-state index in [2.05, 4.69) is 4.74 Å². The van der Waals surface area contributed by atoms with Crippen LogP contribution in [-0.2, 0) is 9.53 Å². The van der Waals surface area contributed by atoms with Crippen molar-refractivity contribution in [3.8, 4) is 11.5 Å². The molecule has 1 fully saturated rings. The first-order chi connectivity index (χ1) is 9.13. The van der Waals surface area contributed by atoms with E-state index in [0.29, 0.717) is 30.3 Å². The molecule has 1 saturated carbocycles. The lowest BCUT2D eigenvalue weighted by Gasteiger charge is -2.12. The largest absolute Gasteiger partial charge is 0.489 e. The highest BCUT2D eigenvalue weighted by Gasteiger charge is 2.46. The summed E-state index contributed by atoms with van der Waals surface area (Å²) in [5, 5.41) is 9.81. The molecule has 0 amide bonds. The third-order valence-electron chi connectivity index (χ3n) is 3.73. The molecular formula is C14H16O5. The van der Waals surface area contributed by atoms with Crippen molar-refractivity contribution in [1.82, 2.24) is 0 Å². The molecule has 2 aliphatic rings. The molecule has 19 heavy (non-hydrogen) atoms. The maximum Gasteiger partial charge on any atom is 0.339 e. The summed E-state index contributed by atoms with van der Waals surface area (Å²) in [5.74, 6) is 0.543. The van der Waals surface area contributed by atoms with Gasteiger partial charge in [-0.3, -0.25) is 0 Å². The van der Waals surface area contributed by atoms with Crippen LogP contribution >= 0.6 is 0 Å². The molecule has 1 aliphatic carbocycles. The first kappa shape index (κ1) is 12.3. The number of hydrogen-bond donors (Lipinski definition) is 1. The van der Waals surface area contributed by atoms with Crippen LogP contribution in [0.1, 0.15) is 24.5 Å². The summed E-state index contributed by atoms with van der Waals surface area (Å²) in [7, 11) is 1.24. The van der Waals surface area contributed by atoms with Gasteiger partial charge in [-0.1, -0.05) is 6.07 Å². The second kappa shape index (κ2) is 4.42. The fourth-order valence-electron chi connectivity index (χ4n) is 2.14. The molecule has 5 heteroatoms. The first-order valence-corrected chi connectivity index (χ1v) is 6.29. The van der Waals surface area contributed by atoms with Gasteiger partial charge in [0.2, 0.25) is 0 Å². The Balaban J connectivity index is 1.83. The minimum atomic E-state index is -1.29.